The van der Waals surface area contributed by atoms with Crippen molar-refractivity contribution in [2.24, 2.45) is 0 Å². The van der Waals surface area contributed by atoms with Crippen molar-refractivity contribution in [2.75, 3.05) is 5.32 Å². The van der Waals surface area contributed by atoms with E-state index < -0.39 is 5.91 Å². The lowest BCUT2D eigenvalue weighted by Gasteiger charge is -2.03. The molecule has 0 unspecified atom stereocenters. The molecule has 132 valence electrons. The van der Waals surface area contributed by atoms with Crippen LogP contribution >= 0.6 is 0 Å². The third-order valence-electron chi connectivity index (χ3n) is 3.38. The zero-order valence-corrected chi connectivity index (χ0v) is 14.3. The van der Waals surface area contributed by atoms with Crippen LogP contribution in [0.3, 0.4) is 0 Å². The van der Waals surface area contributed by atoms with E-state index in [0.29, 0.717) is 5.69 Å². The molecular formula is C21H20N2O3. The minimum absolute atomic E-state index is 0.250. The van der Waals surface area contributed by atoms with Gasteiger partial charge in [0.25, 0.3) is 5.91 Å². The zero-order chi connectivity index (χ0) is 18.8. The van der Waals surface area contributed by atoms with Crippen molar-refractivity contribution in [2.45, 2.75) is 6.92 Å². The van der Waals surface area contributed by atoms with Gasteiger partial charge >= 0.3 is 0 Å². The SMILES string of the molecule is CC(/C=C/C(=O)Nc1cccc(/C=C/C(=O)NO)c1)=C\c1ccccc1. The number of hydrogen-bond acceptors (Lipinski definition) is 3. The number of allylic oxidation sites excluding steroid dienone is 2. The van der Waals surface area contributed by atoms with Crippen molar-refractivity contribution in [3.05, 3.63) is 89.5 Å². The number of hydrogen-bond donors (Lipinski definition) is 3. The number of amides is 2. The monoisotopic (exact) mass is 348 g/mol. The third kappa shape index (κ3) is 6.59. The van der Waals surface area contributed by atoms with Crippen LogP contribution in [0.2, 0.25) is 0 Å². The molecule has 0 aliphatic rings. The van der Waals surface area contributed by atoms with Crippen LogP contribution in [0.5, 0.6) is 0 Å². The number of rotatable bonds is 6. The van der Waals surface area contributed by atoms with Crippen molar-refractivity contribution in [1.29, 1.82) is 0 Å². The van der Waals surface area contributed by atoms with E-state index in [1.54, 1.807) is 30.3 Å². The molecule has 5 nitrogen and oxygen atoms in total. The maximum absolute atomic E-state index is 12.1. The van der Waals surface area contributed by atoms with Gasteiger partial charge in [-0.15, -0.1) is 0 Å². The smallest absolute Gasteiger partial charge is 0.267 e. The van der Waals surface area contributed by atoms with Crippen LogP contribution in [0.15, 0.2) is 78.4 Å². The van der Waals surface area contributed by atoms with Crippen LogP contribution in [-0.2, 0) is 9.59 Å². The van der Waals surface area contributed by atoms with Gasteiger partial charge in [0.1, 0.15) is 0 Å². The second-order valence-corrected chi connectivity index (χ2v) is 5.56. The maximum atomic E-state index is 12.1. The molecule has 0 aliphatic carbocycles. The van der Waals surface area contributed by atoms with Crippen molar-refractivity contribution < 1.29 is 14.8 Å². The molecule has 0 fully saturated rings. The van der Waals surface area contributed by atoms with E-state index in [1.807, 2.05) is 43.3 Å². The summed E-state index contributed by atoms with van der Waals surface area (Å²) in [6, 6.07) is 16.9. The lowest BCUT2D eigenvalue weighted by molar-refractivity contribution is -0.124. The Balaban J connectivity index is 1.98. The molecule has 0 heterocycles. The standard InChI is InChI=1S/C21H20N2O3/c1-16(14-17-6-3-2-4-7-17)10-12-20(24)22-19-9-5-8-18(15-19)11-13-21(25)23-26/h2-15,26H,1H3,(H,22,24)(H,23,25)/b12-10+,13-11+,16-14+. The Kier molecular flexibility index (Phi) is 7.09. The van der Waals surface area contributed by atoms with Crippen molar-refractivity contribution in [1.82, 2.24) is 5.48 Å². The first-order chi connectivity index (χ1) is 12.6. The van der Waals surface area contributed by atoms with E-state index in [-0.39, 0.29) is 5.91 Å². The van der Waals surface area contributed by atoms with Gasteiger partial charge in [0.2, 0.25) is 5.91 Å². The lowest BCUT2D eigenvalue weighted by Crippen LogP contribution is -2.14. The lowest BCUT2D eigenvalue weighted by atomic mass is 10.1. The minimum Gasteiger partial charge on any atom is -0.322 e. The molecule has 2 aromatic rings. The van der Waals surface area contributed by atoms with E-state index in [9.17, 15) is 9.59 Å². The Morgan fingerprint density at radius 1 is 0.885 bits per heavy atom. The minimum atomic E-state index is -0.622. The predicted molar refractivity (Wildman–Crippen MR) is 103 cm³/mol. The molecule has 2 aromatic carbocycles. The summed E-state index contributed by atoms with van der Waals surface area (Å²) < 4.78 is 0. The molecule has 3 N–H and O–H groups in total. The summed E-state index contributed by atoms with van der Waals surface area (Å²) in [7, 11) is 0. The summed E-state index contributed by atoms with van der Waals surface area (Å²) in [5.41, 5.74) is 4.87. The second kappa shape index (κ2) is 9.76. The molecule has 26 heavy (non-hydrogen) atoms. The fraction of sp³-hybridized carbons (Fsp3) is 0.0476. The van der Waals surface area contributed by atoms with Gasteiger partial charge in [-0.2, -0.15) is 0 Å². The number of carbonyl (C=O) groups excluding carboxylic acids is 2. The molecule has 0 saturated carbocycles. The Morgan fingerprint density at radius 2 is 1.62 bits per heavy atom. The highest BCUT2D eigenvalue weighted by Crippen LogP contribution is 2.12. The molecule has 2 amide bonds. The number of carbonyl (C=O) groups is 2. The maximum Gasteiger partial charge on any atom is 0.267 e. The first-order valence-electron chi connectivity index (χ1n) is 8.01. The average Bonchev–Trinajstić information content (AvgIpc) is 2.65. The highest BCUT2D eigenvalue weighted by molar-refractivity contribution is 6.00. The summed E-state index contributed by atoms with van der Waals surface area (Å²) in [5.74, 6) is -0.872. The first kappa shape index (κ1) is 18.9. The Labute approximate surface area is 152 Å². The summed E-state index contributed by atoms with van der Waals surface area (Å²) in [4.78, 5) is 23.0. The highest BCUT2D eigenvalue weighted by Gasteiger charge is 1.99. The molecular weight excluding hydrogens is 328 g/mol. The Bertz CT molecular complexity index is 853. The number of hydroxylamine groups is 1. The van der Waals surface area contributed by atoms with Crippen LogP contribution < -0.4 is 10.8 Å². The summed E-state index contributed by atoms with van der Waals surface area (Å²) >= 11 is 0. The fourth-order valence-corrected chi connectivity index (χ4v) is 2.18. The van der Waals surface area contributed by atoms with E-state index in [0.717, 1.165) is 16.7 Å². The number of anilines is 1. The fourth-order valence-electron chi connectivity index (χ4n) is 2.18. The highest BCUT2D eigenvalue weighted by atomic mass is 16.5. The van der Waals surface area contributed by atoms with Gasteiger partial charge < -0.3 is 5.32 Å². The average molecular weight is 348 g/mol. The van der Waals surface area contributed by atoms with Gasteiger partial charge in [0.05, 0.1) is 0 Å². The number of benzene rings is 2. The molecule has 0 radical (unpaired) electrons. The number of nitrogens with one attached hydrogen (secondary N) is 2. The van der Waals surface area contributed by atoms with Crippen LogP contribution in [0, 0.1) is 0 Å². The van der Waals surface area contributed by atoms with Gasteiger partial charge in [-0.25, -0.2) is 5.48 Å². The molecule has 0 spiro atoms. The van der Waals surface area contributed by atoms with Crippen molar-refractivity contribution in [3.63, 3.8) is 0 Å². The molecule has 0 aromatic heterocycles. The van der Waals surface area contributed by atoms with Crippen LogP contribution in [0.4, 0.5) is 5.69 Å². The van der Waals surface area contributed by atoms with Gasteiger partial charge in [-0.3, -0.25) is 14.8 Å². The normalized spacial score (nSPS) is 11.7. The van der Waals surface area contributed by atoms with Crippen LogP contribution in [-0.4, -0.2) is 17.0 Å². The van der Waals surface area contributed by atoms with Gasteiger partial charge in [0.15, 0.2) is 0 Å². The van der Waals surface area contributed by atoms with Gasteiger partial charge in [-0.1, -0.05) is 60.2 Å². The summed E-state index contributed by atoms with van der Waals surface area (Å²) in [6.07, 6.45) is 7.93. The second-order valence-electron chi connectivity index (χ2n) is 5.56. The topological polar surface area (TPSA) is 78.4 Å². The quantitative estimate of drug-likeness (QED) is 0.321. The van der Waals surface area contributed by atoms with Crippen molar-refractivity contribution in [3.8, 4) is 0 Å². The van der Waals surface area contributed by atoms with Crippen molar-refractivity contribution >= 4 is 29.7 Å². The molecule has 5 heteroatoms. The zero-order valence-electron chi connectivity index (χ0n) is 14.3. The van der Waals surface area contributed by atoms with E-state index in [2.05, 4.69) is 5.32 Å². The largest absolute Gasteiger partial charge is 0.322 e. The van der Waals surface area contributed by atoms with E-state index >= 15 is 0 Å². The third-order valence-corrected chi connectivity index (χ3v) is 3.38. The van der Waals surface area contributed by atoms with E-state index in [4.69, 9.17) is 5.21 Å². The molecule has 0 atom stereocenters. The predicted octanol–water partition coefficient (Wildman–Crippen LogP) is 3.80. The van der Waals surface area contributed by atoms with Crippen LogP contribution in [0.1, 0.15) is 18.1 Å². The van der Waals surface area contributed by atoms with Gasteiger partial charge in [0, 0.05) is 17.8 Å². The van der Waals surface area contributed by atoms with E-state index in [1.165, 1.54) is 23.7 Å². The first-order valence-corrected chi connectivity index (χ1v) is 8.01. The summed E-state index contributed by atoms with van der Waals surface area (Å²) in [5, 5.41) is 11.2. The molecule has 0 aliphatic heterocycles. The molecule has 0 saturated heterocycles. The summed E-state index contributed by atoms with van der Waals surface area (Å²) in [6.45, 7) is 1.93. The van der Waals surface area contributed by atoms with Gasteiger partial charge in [-0.05, 0) is 36.3 Å². The Morgan fingerprint density at radius 3 is 2.35 bits per heavy atom. The van der Waals surface area contributed by atoms with Crippen LogP contribution in [0.25, 0.3) is 12.2 Å². The molecule has 0 bridgehead atoms. The Hall–Kier alpha value is -3.44. The molecule has 2 rings (SSSR count).